The largest absolute Gasteiger partial charge is 0.496 e. The number of aliphatic hydroxyl groups is 1. The second-order valence-electron chi connectivity index (χ2n) is 7.88. The van der Waals surface area contributed by atoms with Crippen LogP contribution in [0.4, 0.5) is 19.0 Å². The van der Waals surface area contributed by atoms with Gasteiger partial charge in [0.1, 0.15) is 11.4 Å². The lowest BCUT2D eigenvalue weighted by Gasteiger charge is -2.41. The van der Waals surface area contributed by atoms with Crippen LogP contribution in [0.2, 0.25) is 0 Å². The highest BCUT2D eigenvalue weighted by atomic mass is 19.4. The second-order valence-corrected chi connectivity index (χ2v) is 7.88. The minimum Gasteiger partial charge on any atom is -0.496 e. The third kappa shape index (κ3) is 3.89. The third-order valence-corrected chi connectivity index (χ3v) is 5.38. The van der Waals surface area contributed by atoms with Gasteiger partial charge in [0.2, 0.25) is 0 Å². The minimum atomic E-state index is -4.47. The molecule has 9 heteroatoms. The maximum absolute atomic E-state index is 13.1. The summed E-state index contributed by atoms with van der Waals surface area (Å²) in [6, 6.07) is 5.05. The zero-order chi connectivity index (χ0) is 21.5. The van der Waals surface area contributed by atoms with Gasteiger partial charge in [0.05, 0.1) is 18.3 Å². The van der Waals surface area contributed by atoms with E-state index in [9.17, 15) is 18.3 Å². The van der Waals surface area contributed by atoms with Crippen LogP contribution in [-0.2, 0) is 6.18 Å². The number of hydrogen-bond donors (Lipinski definition) is 2. The van der Waals surface area contributed by atoms with Crippen molar-refractivity contribution in [3.05, 3.63) is 42.2 Å². The van der Waals surface area contributed by atoms with E-state index in [-0.39, 0.29) is 5.75 Å². The predicted octanol–water partition coefficient (Wildman–Crippen LogP) is 4.29. The van der Waals surface area contributed by atoms with Crippen molar-refractivity contribution in [1.82, 2.24) is 15.2 Å². The van der Waals surface area contributed by atoms with Gasteiger partial charge in [-0.1, -0.05) is 0 Å². The molecule has 2 aromatic heterocycles. The summed E-state index contributed by atoms with van der Waals surface area (Å²) in [5.74, 6) is 0.942. The lowest BCUT2D eigenvalue weighted by atomic mass is 9.72. The molecular formula is C21H21F3N4O2. The maximum atomic E-state index is 13.1. The first-order valence-corrected chi connectivity index (χ1v) is 9.50. The highest BCUT2D eigenvalue weighted by Gasteiger charge is 2.38. The van der Waals surface area contributed by atoms with Gasteiger partial charge in [0, 0.05) is 35.3 Å². The molecule has 0 spiro atoms. The summed E-state index contributed by atoms with van der Waals surface area (Å²) < 4.78 is 44.4. The SMILES string of the molecule is COc1cc(C(F)(F)F)ccc1-c1nnc(NC[C@H]2C[C@](C)(O)C2)c2cnccc12. The van der Waals surface area contributed by atoms with Gasteiger partial charge in [-0.2, -0.15) is 13.2 Å². The summed E-state index contributed by atoms with van der Waals surface area (Å²) in [4.78, 5) is 4.15. The van der Waals surface area contributed by atoms with Gasteiger partial charge in [-0.25, -0.2) is 0 Å². The number of methoxy groups -OCH3 is 1. The monoisotopic (exact) mass is 418 g/mol. The van der Waals surface area contributed by atoms with Crippen LogP contribution in [0, 0.1) is 5.92 Å². The number of benzene rings is 1. The van der Waals surface area contributed by atoms with Crippen molar-refractivity contribution >= 4 is 16.6 Å². The first-order valence-electron chi connectivity index (χ1n) is 9.50. The quantitative estimate of drug-likeness (QED) is 0.643. The highest BCUT2D eigenvalue weighted by Crippen LogP contribution is 2.40. The first kappa shape index (κ1) is 20.3. The summed E-state index contributed by atoms with van der Waals surface area (Å²) in [6.07, 6.45) is 0.193. The molecule has 1 aromatic carbocycles. The van der Waals surface area contributed by atoms with Crippen LogP contribution in [0.25, 0.3) is 22.0 Å². The number of nitrogens with zero attached hydrogens (tertiary/aromatic N) is 3. The van der Waals surface area contributed by atoms with Gasteiger partial charge in [-0.3, -0.25) is 4.98 Å². The van der Waals surface area contributed by atoms with Crippen molar-refractivity contribution in [2.75, 3.05) is 19.0 Å². The van der Waals surface area contributed by atoms with E-state index in [4.69, 9.17) is 4.74 Å². The molecule has 0 aliphatic heterocycles. The molecule has 2 N–H and O–H groups in total. The van der Waals surface area contributed by atoms with Gasteiger partial charge in [-0.05, 0) is 49.9 Å². The molecule has 1 aliphatic carbocycles. The summed E-state index contributed by atoms with van der Waals surface area (Å²) in [7, 11) is 1.32. The molecule has 158 valence electrons. The van der Waals surface area contributed by atoms with E-state index in [2.05, 4.69) is 20.5 Å². The summed E-state index contributed by atoms with van der Waals surface area (Å²) in [6.45, 7) is 2.45. The van der Waals surface area contributed by atoms with Gasteiger partial charge in [0.25, 0.3) is 0 Å². The van der Waals surface area contributed by atoms with Crippen LogP contribution < -0.4 is 10.1 Å². The molecular weight excluding hydrogens is 397 g/mol. The zero-order valence-corrected chi connectivity index (χ0v) is 16.5. The lowest BCUT2D eigenvalue weighted by Crippen LogP contribution is -2.43. The van der Waals surface area contributed by atoms with Crippen molar-refractivity contribution in [1.29, 1.82) is 0 Å². The molecule has 0 bridgehead atoms. The van der Waals surface area contributed by atoms with Gasteiger partial charge in [0.15, 0.2) is 5.82 Å². The van der Waals surface area contributed by atoms with Crippen LogP contribution >= 0.6 is 0 Å². The Morgan fingerprint density at radius 2 is 1.97 bits per heavy atom. The van der Waals surface area contributed by atoms with Crippen LogP contribution in [0.5, 0.6) is 5.75 Å². The fourth-order valence-corrected chi connectivity index (χ4v) is 3.96. The minimum absolute atomic E-state index is 0.0645. The Labute approximate surface area is 171 Å². The Hall–Kier alpha value is -2.94. The Kier molecular flexibility index (Phi) is 5.01. The Morgan fingerprint density at radius 3 is 2.63 bits per heavy atom. The molecule has 3 aromatic rings. The molecule has 1 aliphatic rings. The van der Waals surface area contributed by atoms with Crippen LogP contribution in [-0.4, -0.2) is 39.5 Å². The van der Waals surface area contributed by atoms with Crippen molar-refractivity contribution in [3.63, 3.8) is 0 Å². The number of alkyl halides is 3. The molecule has 0 amide bonds. The van der Waals surface area contributed by atoms with Crippen molar-refractivity contribution in [3.8, 4) is 17.0 Å². The van der Waals surface area contributed by atoms with Crippen molar-refractivity contribution in [2.24, 2.45) is 5.92 Å². The number of aromatic nitrogens is 3. The van der Waals surface area contributed by atoms with Crippen LogP contribution in [0.1, 0.15) is 25.3 Å². The Bertz CT molecular complexity index is 1080. The molecule has 0 atom stereocenters. The summed E-state index contributed by atoms with van der Waals surface area (Å²) >= 11 is 0. The van der Waals surface area contributed by atoms with E-state index < -0.39 is 17.3 Å². The fraction of sp³-hybridized carbons (Fsp3) is 0.381. The third-order valence-electron chi connectivity index (χ3n) is 5.38. The number of rotatable bonds is 5. The molecule has 30 heavy (non-hydrogen) atoms. The van der Waals surface area contributed by atoms with Crippen LogP contribution in [0.3, 0.4) is 0 Å². The van der Waals surface area contributed by atoms with E-state index in [0.29, 0.717) is 53.2 Å². The predicted molar refractivity (Wildman–Crippen MR) is 106 cm³/mol. The molecule has 4 rings (SSSR count). The number of nitrogens with one attached hydrogen (secondary N) is 1. The molecule has 1 saturated carbocycles. The fourth-order valence-electron chi connectivity index (χ4n) is 3.96. The van der Waals surface area contributed by atoms with E-state index in [1.807, 2.05) is 6.92 Å². The van der Waals surface area contributed by atoms with Crippen LogP contribution in [0.15, 0.2) is 36.7 Å². The molecule has 0 saturated heterocycles. The maximum Gasteiger partial charge on any atom is 0.416 e. The summed E-state index contributed by atoms with van der Waals surface area (Å²) in [5, 5.41) is 23.1. The smallest absolute Gasteiger partial charge is 0.416 e. The molecule has 6 nitrogen and oxygen atoms in total. The second kappa shape index (κ2) is 7.39. The van der Waals surface area contributed by atoms with Gasteiger partial charge in [-0.15, -0.1) is 10.2 Å². The highest BCUT2D eigenvalue weighted by molar-refractivity contribution is 6.00. The number of hydrogen-bond acceptors (Lipinski definition) is 6. The summed E-state index contributed by atoms with van der Waals surface area (Å²) in [5.41, 5.74) is -0.576. The average molecular weight is 418 g/mol. The van der Waals surface area contributed by atoms with E-state index in [1.54, 1.807) is 18.5 Å². The van der Waals surface area contributed by atoms with E-state index in [0.717, 1.165) is 12.1 Å². The normalized spacial score (nSPS) is 21.3. The molecule has 0 unspecified atom stereocenters. The number of fused-ring (bicyclic) bond motifs is 1. The Morgan fingerprint density at radius 1 is 1.20 bits per heavy atom. The molecule has 1 fully saturated rings. The standard InChI is InChI=1S/C21H21F3N4O2/c1-20(29)8-12(9-20)10-26-19-16-11-25-6-5-14(16)18(27-28-19)15-4-3-13(21(22,23)24)7-17(15)30-2/h3-7,11-12,29H,8-10H2,1-2H3,(H,26,28)/t12-,20-. The average Bonchev–Trinajstić information content (AvgIpc) is 2.69. The van der Waals surface area contributed by atoms with Crippen molar-refractivity contribution in [2.45, 2.75) is 31.5 Å². The van der Waals surface area contributed by atoms with Gasteiger partial charge < -0.3 is 15.2 Å². The molecule has 0 radical (unpaired) electrons. The topological polar surface area (TPSA) is 80.2 Å². The zero-order valence-electron chi connectivity index (χ0n) is 16.5. The lowest BCUT2D eigenvalue weighted by molar-refractivity contribution is -0.137. The number of anilines is 1. The number of ether oxygens (including phenoxy) is 1. The van der Waals surface area contributed by atoms with E-state index >= 15 is 0 Å². The Balaban J connectivity index is 1.69. The van der Waals surface area contributed by atoms with Crippen molar-refractivity contribution < 1.29 is 23.0 Å². The number of pyridine rings is 1. The molecule has 2 heterocycles. The van der Waals surface area contributed by atoms with E-state index in [1.165, 1.54) is 13.2 Å². The number of halogens is 3. The van der Waals surface area contributed by atoms with Gasteiger partial charge >= 0.3 is 6.18 Å². The first-order chi connectivity index (χ1) is 14.2.